The molecular weight excluding hydrogens is 487 g/mol. The lowest BCUT2D eigenvalue weighted by Gasteiger charge is -2.22. The number of carbonyl (C=O) groups excluding carboxylic acids is 2. The molecule has 0 aliphatic heterocycles. The second-order valence-electron chi connectivity index (χ2n) is 7.70. The van der Waals surface area contributed by atoms with Gasteiger partial charge in [0.1, 0.15) is 16.5 Å². The third kappa shape index (κ3) is 6.88. The quantitative estimate of drug-likeness (QED) is 0.302. The number of aromatic nitrogens is 1. The number of urea groups is 1. The van der Waals surface area contributed by atoms with Crippen LogP contribution in [-0.4, -0.2) is 21.8 Å². The molecule has 4 rings (SSSR count). The molecule has 3 amide bonds. The van der Waals surface area contributed by atoms with Gasteiger partial charge in [0.05, 0.1) is 11.6 Å². The van der Waals surface area contributed by atoms with E-state index < -0.39 is 11.8 Å². The first-order valence-corrected chi connectivity index (χ1v) is 12.0. The van der Waals surface area contributed by atoms with Gasteiger partial charge in [-0.05, 0) is 29.3 Å². The maximum atomic E-state index is 13.5. The number of hydrogen-bond donors (Lipinski definition) is 2. The minimum absolute atomic E-state index is 0.0801. The largest absolute Gasteiger partial charge is 0.347 e. The van der Waals surface area contributed by atoms with E-state index in [9.17, 15) is 14.0 Å². The minimum atomic E-state index is -0.563. The highest BCUT2D eigenvalue weighted by molar-refractivity contribution is 7.09. The third-order valence-corrected chi connectivity index (χ3v) is 6.20. The van der Waals surface area contributed by atoms with E-state index in [1.54, 1.807) is 10.3 Å². The Labute approximate surface area is 211 Å². The summed E-state index contributed by atoms with van der Waals surface area (Å²) >= 11 is 7.15. The van der Waals surface area contributed by atoms with Crippen LogP contribution in [0.4, 0.5) is 14.9 Å². The number of nitrogens with zero attached hydrogens (tertiary/aromatic N) is 2. The molecule has 0 bridgehead atoms. The van der Waals surface area contributed by atoms with Gasteiger partial charge in [-0.15, -0.1) is 11.3 Å². The average Bonchev–Trinajstić information content (AvgIpc) is 3.34. The lowest BCUT2D eigenvalue weighted by molar-refractivity contribution is 0.0946. The normalized spacial score (nSPS) is 10.6. The van der Waals surface area contributed by atoms with Gasteiger partial charge in [-0.1, -0.05) is 72.3 Å². The Morgan fingerprint density at radius 3 is 2.31 bits per heavy atom. The van der Waals surface area contributed by atoms with Crippen LogP contribution in [-0.2, 0) is 19.6 Å². The number of thiazole rings is 1. The van der Waals surface area contributed by atoms with Gasteiger partial charge in [0.25, 0.3) is 5.91 Å². The Balaban J connectivity index is 1.45. The SMILES string of the molecule is O=C(NCc1ccccc1)c1csc(CN(Cc2ccccc2)C(=O)Nc2ccc(F)c(Cl)c2)n1. The average molecular weight is 509 g/mol. The summed E-state index contributed by atoms with van der Waals surface area (Å²) in [7, 11) is 0. The monoisotopic (exact) mass is 508 g/mol. The van der Waals surface area contributed by atoms with Crippen molar-refractivity contribution in [3.63, 3.8) is 0 Å². The molecule has 1 heterocycles. The van der Waals surface area contributed by atoms with Crippen molar-refractivity contribution >= 4 is 40.6 Å². The Hall–Kier alpha value is -3.75. The van der Waals surface area contributed by atoms with Crippen LogP contribution in [0.5, 0.6) is 0 Å². The zero-order chi connectivity index (χ0) is 24.6. The van der Waals surface area contributed by atoms with Crippen LogP contribution >= 0.6 is 22.9 Å². The van der Waals surface area contributed by atoms with E-state index in [-0.39, 0.29) is 17.5 Å². The van der Waals surface area contributed by atoms with E-state index in [1.165, 1.54) is 29.5 Å². The van der Waals surface area contributed by atoms with Crippen molar-refractivity contribution < 1.29 is 14.0 Å². The van der Waals surface area contributed by atoms with Crippen molar-refractivity contribution in [3.8, 4) is 0 Å². The van der Waals surface area contributed by atoms with Crippen molar-refractivity contribution in [1.29, 1.82) is 0 Å². The summed E-state index contributed by atoms with van der Waals surface area (Å²) < 4.78 is 13.5. The summed E-state index contributed by atoms with van der Waals surface area (Å²) in [4.78, 5) is 31.6. The van der Waals surface area contributed by atoms with Crippen LogP contribution < -0.4 is 10.6 Å². The number of anilines is 1. The van der Waals surface area contributed by atoms with Gasteiger partial charge >= 0.3 is 6.03 Å². The molecule has 35 heavy (non-hydrogen) atoms. The first-order valence-electron chi connectivity index (χ1n) is 10.8. The van der Waals surface area contributed by atoms with Crippen molar-refractivity contribution in [3.05, 3.63) is 117 Å². The van der Waals surface area contributed by atoms with Gasteiger partial charge < -0.3 is 15.5 Å². The van der Waals surface area contributed by atoms with Crippen molar-refractivity contribution in [2.45, 2.75) is 19.6 Å². The maximum Gasteiger partial charge on any atom is 0.322 e. The zero-order valence-electron chi connectivity index (χ0n) is 18.6. The van der Waals surface area contributed by atoms with Gasteiger partial charge in [-0.2, -0.15) is 0 Å². The maximum absolute atomic E-state index is 13.5. The zero-order valence-corrected chi connectivity index (χ0v) is 20.2. The van der Waals surface area contributed by atoms with Gasteiger partial charge in [0, 0.05) is 24.2 Å². The van der Waals surface area contributed by atoms with E-state index in [2.05, 4.69) is 15.6 Å². The molecule has 6 nitrogen and oxygen atoms in total. The predicted octanol–water partition coefficient (Wildman–Crippen LogP) is 6.10. The highest BCUT2D eigenvalue weighted by Gasteiger charge is 2.19. The number of carbonyl (C=O) groups is 2. The summed E-state index contributed by atoms with van der Waals surface area (Å²) in [6, 6.07) is 22.7. The molecule has 0 aliphatic carbocycles. The van der Waals surface area contributed by atoms with Crippen LogP contribution in [0.1, 0.15) is 26.6 Å². The highest BCUT2D eigenvalue weighted by atomic mass is 35.5. The molecule has 0 fully saturated rings. The molecular formula is C26H22ClFN4O2S. The summed E-state index contributed by atoms with van der Waals surface area (Å²) in [5.74, 6) is -0.844. The minimum Gasteiger partial charge on any atom is -0.347 e. The van der Waals surface area contributed by atoms with Crippen molar-refractivity contribution in [2.24, 2.45) is 0 Å². The van der Waals surface area contributed by atoms with Crippen molar-refractivity contribution in [1.82, 2.24) is 15.2 Å². The summed E-state index contributed by atoms with van der Waals surface area (Å²) in [5, 5.41) is 7.81. The molecule has 0 saturated heterocycles. The Morgan fingerprint density at radius 1 is 0.943 bits per heavy atom. The summed E-state index contributed by atoms with van der Waals surface area (Å²) in [5.41, 5.74) is 2.59. The van der Waals surface area contributed by atoms with Crippen molar-refractivity contribution in [2.75, 3.05) is 5.32 Å². The number of hydrogen-bond acceptors (Lipinski definition) is 4. The first kappa shape index (κ1) is 24.4. The smallest absolute Gasteiger partial charge is 0.322 e. The van der Waals surface area contributed by atoms with Crippen LogP contribution in [0.3, 0.4) is 0 Å². The second kappa shape index (κ2) is 11.6. The topological polar surface area (TPSA) is 74.3 Å². The number of amides is 3. The fourth-order valence-corrected chi connectivity index (χ4v) is 4.27. The van der Waals surface area contributed by atoms with E-state index in [0.717, 1.165) is 11.1 Å². The lowest BCUT2D eigenvalue weighted by Crippen LogP contribution is -2.34. The highest BCUT2D eigenvalue weighted by Crippen LogP contribution is 2.21. The van der Waals surface area contributed by atoms with Crippen LogP contribution in [0.2, 0.25) is 5.02 Å². The van der Waals surface area contributed by atoms with E-state index in [0.29, 0.717) is 29.5 Å². The van der Waals surface area contributed by atoms with Gasteiger partial charge in [0.2, 0.25) is 0 Å². The lowest BCUT2D eigenvalue weighted by atomic mass is 10.2. The molecule has 3 aromatic carbocycles. The Morgan fingerprint density at radius 2 is 1.63 bits per heavy atom. The van der Waals surface area contributed by atoms with Gasteiger partial charge in [0.15, 0.2) is 0 Å². The Kier molecular flexibility index (Phi) is 8.07. The number of halogens is 2. The van der Waals surface area contributed by atoms with E-state index in [1.807, 2.05) is 60.7 Å². The standard InChI is InChI=1S/C26H22ClFN4O2S/c27-21-13-20(11-12-22(21)28)30-26(34)32(15-19-9-5-2-6-10-19)16-24-31-23(17-35-24)25(33)29-14-18-7-3-1-4-8-18/h1-13,17H,14-16H2,(H,29,33)(H,30,34). The first-order chi connectivity index (χ1) is 17.0. The fraction of sp³-hybridized carbons (Fsp3) is 0.115. The van der Waals surface area contributed by atoms with E-state index in [4.69, 9.17) is 11.6 Å². The molecule has 4 aromatic rings. The number of rotatable bonds is 8. The summed E-state index contributed by atoms with van der Waals surface area (Å²) in [6.07, 6.45) is 0. The number of benzene rings is 3. The van der Waals surface area contributed by atoms with Gasteiger partial charge in [-0.3, -0.25) is 4.79 Å². The van der Waals surface area contributed by atoms with Gasteiger partial charge in [-0.25, -0.2) is 14.2 Å². The molecule has 9 heteroatoms. The molecule has 0 aliphatic rings. The third-order valence-electron chi connectivity index (χ3n) is 5.08. The van der Waals surface area contributed by atoms with Crippen LogP contribution in [0.15, 0.2) is 84.2 Å². The Bertz CT molecular complexity index is 1300. The fourth-order valence-electron chi connectivity index (χ4n) is 3.30. The van der Waals surface area contributed by atoms with Crippen LogP contribution in [0.25, 0.3) is 0 Å². The molecule has 0 spiro atoms. The molecule has 0 unspecified atom stereocenters. The van der Waals surface area contributed by atoms with E-state index >= 15 is 0 Å². The molecule has 1 aromatic heterocycles. The molecule has 0 saturated carbocycles. The summed E-state index contributed by atoms with van der Waals surface area (Å²) in [6.45, 7) is 0.901. The molecule has 0 atom stereocenters. The molecule has 178 valence electrons. The predicted molar refractivity (Wildman–Crippen MR) is 136 cm³/mol. The molecule has 0 radical (unpaired) electrons. The second-order valence-corrected chi connectivity index (χ2v) is 9.05. The molecule has 2 N–H and O–H groups in total. The van der Waals surface area contributed by atoms with Crippen LogP contribution in [0, 0.1) is 5.82 Å². The number of nitrogens with one attached hydrogen (secondary N) is 2.